The molecule has 0 fully saturated rings. The SMILES string of the molecule is NC(N)=NCc1ccccc1-c1ccc(C(=O)NCC(NS(=O)(=O)c2ccccc2)C(=O)O)s1.O=C(O)C(F)(F)F. The van der Waals surface area contributed by atoms with E-state index in [1.54, 1.807) is 18.2 Å². The number of rotatable bonds is 10. The summed E-state index contributed by atoms with van der Waals surface area (Å²) in [5.74, 6) is -4.73. The van der Waals surface area contributed by atoms with Gasteiger partial charge in [0.25, 0.3) is 5.91 Å². The fraction of sp³-hybridized carbons (Fsp3) is 0.167. The Bertz CT molecular complexity index is 1510. The van der Waals surface area contributed by atoms with Crippen LogP contribution in [0.2, 0.25) is 0 Å². The number of carbonyl (C=O) groups excluding carboxylic acids is 1. The number of thiophene rings is 1. The first kappa shape index (κ1) is 32.7. The van der Waals surface area contributed by atoms with E-state index in [1.807, 2.05) is 24.3 Å². The summed E-state index contributed by atoms with van der Waals surface area (Å²) in [4.78, 5) is 38.2. The van der Waals surface area contributed by atoms with Gasteiger partial charge >= 0.3 is 18.1 Å². The van der Waals surface area contributed by atoms with Gasteiger partial charge in [0.05, 0.1) is 16.3 Å². The number of sulfonamides is 1. The number of alkyl halides is 3. The van der Waals surface area contributed by atoms with E-state index < -0.39 is 46.6 Å². The highest BCUT2D eigenvalue weighted by Crippen LogP contribution is 2.31. The first-order chi connectivity index (χ1) is 19.1. The molecule has 2 aromatic carbocycles. The van der Waals surface area contributed by atoms with Crippen molar-refractivity contribution in [3.05, 3.63) is 77.2 Å². The number of carboxylic acid groups (broad SMARTS) is 2. The Kier molecular flexibility index (Phi) is 11.4. The summed E-state index contributed by atoms with van der Waals surface area (Å²) in [7, 11) is -4.07. The average molecular weight is 616 g/mol. The number of nitrogens with two attached hydrogens (primary N) is 2. The molecule has 0 spiro atoms. The molecule has 1 amide bonds. The number of benzene rings is 2. The zero-order valence-electron chi connectivity index (χ0n) is 20.8. The zero-order chi connectivity index (χ0) is 30.8. The number of guanidine groups is 1. The summed E-state index contributed by atoms with van der Waals surface area (Å²) in [5, 5.41) is 19.0. The molecule has 17 heteroatoms. The number of nitrogens with zero attached hydrogens (tertiary/aromatic N) is 1. The second-order valence-electron chi connectivity index (χ2n) is 7.90. The van der Waals surface area contributed by atoms with Crippen LogP contribution in [0.1, 0.15) is 15.2 Å². The van der Waals surface area contributed by atoms with Crippen molar-refractivity contribution in [2.24, 2.45) is 16.5 Å². The van der Waals surface area contributed by atoms with Gasteiger partial charge in [0.1, 0.15) is 6.04 Å². The zero-order valence-corrected chi connectivity index (χ0v) is 22.5. The molecule has 1 unspecified atom stereocenters. The summed E-state index contributed by atoms with van der Waals surface area (Å²) < 4.78 is 58.7. The lowest BCUT2D eigenvalue weighted by molar-refractivity contribution is -0.192. The number of amides is 1. The van der Waals surface area contributed by atoms with Gasteiger partial charge in [-0.1, -0.05) is 42.5 Å². The lowest BCUT2D eigenvalue weighted by Gasteiger charge is -2.15. The van der Waals surface area contributed by atoms with Crippen LogP contribution in [-0.4, -0.2) is 61.2 Å². The topological polar surface area (TPSA) is 214 Å². The summed E-state index contributed by atoms with van der Waals surface area (Å²) in [5.41, 5.74) is 12.6. The first-order valence-corrected chi connectivity index (χ1v) is 13.5. The van der Waals surface area contributed by atoms with Gasteiger partial charge in [-0.05, 0) is 35.4 Å². The van der Waals surface area contributed by atoms with Crippen molar-refractivity contribution >= 4 is 45.2 Å². The van der Waals surface area contributed by atoms with Crippen LogP contribution in [0.25, 0.3) is 10.4 Å². The number of nitrogens with one attached hydrogen (secondary N) is 2. The minimum atomic E-state index is -5.08. The molecular weight excluding hydrogens is 591 g/mol. The molecule has 0 bridgehead atoms. The van der Waals surface area contributed by atoms with E-state index in [4.69, 9.17) is 21.4 Å². The van der Waals surface area contributed by atoms with Crippen molar-refractivity contribution in [3.63, 3.8) is 0 Å². The highest BCUT2D eigenvalue weighted by Gasteiger charge is 2.38. The number of carbonyl (C=O) groups is 3. The van der Waals surface area contributed by atoms with Gasteiger partial charge in [0.15, 0.2) is 5.96 Å². The highest BCUT2D eigenvalue weighted by atomic mass is 32.2. The smallest absolute Gasteiger partial charge is 0.480 e. The Morgan fingerprint density at radius 3 is 2.10 bits per heavy atom. The number of aliphatic imine (C=N–C) groups is 1. The van der Waals surface area contributed by atoms with Gasteiger partial charge in [-0.15, -0.1) is 11.3 Å². The molecule has 3 aromatic rings. The normalized spacial score (nSPS) is 11.9. The van der Waals surface area contributed by atoms with Crippen LogP contribution in [0.3, 0.4) is 0 Å². The van der Waals surface area contributed by atoms with Gasteiger partial charge < -0.3 is 27.0 Å². The van der Waals surface area contributed by atoms with Crippen molar-refractivity contribution < 1.29 is 46.2 Å². The minimum Gasteiger partial charge on any atom is -0.480 e. The molecule has 12 nitrogen and oxygen atoms in total. The summed E-state index contributed by atoms with van der Waals surface area (Å²) in [6, 6.07) is 16.7. The third kappa shape index (κ3) is 10.2. The van der Waals surface area contributed by atoms with Crippen LogP contribution >= 0.6 is 11.3 Å². The standard InChI is InChI=1S/C22H23N5O5S2.C2HF3O2/c23-22(24)26-12-14-6-4-5-9-16(14)18-10-11-19(33-18)20(28)25-13-17(21(29)30)27-34(31,32)15-7-2-1-3-8-15;3-2(4,5)1(6)7/h1-11,17,27H,12-13H2,(H,25,28)(H,29,30)(H4,23,24,26);(H,6,7). The minimum absolute atomic E-state index is 0.0306. The Morgan fingerprint density at radius 1 is 0.951 bits per heavy atom. The molecule has 0 aliphatic heterocycles. The highest BCUT2D eigenvalue weighted by molar-refractivity contribution is 7.89. The molecular formula is C24H24F3N5O7S2. The maximum Gasteiger partial charge on any atom is 0.490 e. The van der Waals surface area contributed by atoms with Gasteiger partial charge in [-0.25, -0.2) is 18.2 Å². The summed E-state index contributed by atoms with van der Waals surface area (Å²) in [6.07, 6.45) is -5.08. The predicted molar refractivity (Wildman–Crippen MR) is 143 cm³/mol. The number of hydrogen-bond acceptors (Lipinski definition) is 7. The Balaban J connectivity index is 0.000000745. The van der Waals surface area contributed by atoms with Crippen molar-refractivity contribution in [2.45, 2.75) is 23.7 Å². The summed E-state index contributed by atoms with van der Waals surface area (Å²) in [6.45, 7) is -0.158. The second kappa shape index (κ2) is 14.2. The fourth-order valence-corrected chi connectivity index (χ4v) is 5.19. The lowest BCUT2D eigenvalue weighted by atomic mass is 10.1. The molecule has 41 heavy (non-hydrogen) atoms. The quantitative estimate of drug-likeness (QED) is 0.145. The second-order valence-corrected chi connectivity index (χ2v) is 10.7. The fourth-order valence-electron chi connectivity index (χ4n) is 3.00. The van der Waals surface area contributed by atoms with Gasteiger partial charge in [0, 0.05) is 11.4 Å². The molecule has 0 aliphatic carbocycles. The molecule has 1 atom stereocenters. The number of aliphatic carboxylic acids is 2. The molecule has 8 N–H and O–H groups in total. The van der Waals surface area contributed by atoms with Crippen molar-refractivity contribution in [1.29, 1.82) is 0 Å². The van der Waals surface area contributed by atoms with Crippen LogP contribution in [0, 0.1) is 0 Å². The first-order valence-electron chi connectivity index (χ1n) is 11.2. The van der Waals surface area contributed by atoms with Crippen LogP contribution in [0.15, 0.2) is 76.6 Å². The van der Waals surface area contributed by atoms with Gasteiger partial charge in [0.2, 0.25) is 10.0 Å². The van der Waals surface area contributed by atoms with Gasteiger partial charge in [-0.2, -0.15) is 17.9 Å². The predicted octanol–water partition coefficient (Wildman–Crippen LogP) is 1.98. The lowest BCUT2D eigenvalue weighted by Crippen LogP contribution is -2.48. The molecule has 220 valence electrons. The van der Waals surface area contributed by atoms with Crippen LogP contribution < -0.4 is 21.5 Å². The van der Waals surface area contributed by atoms with Crippen LogP contribution in [0.5, 0.6) is 0 Å². The number of hydrogen-bond donors (Lipinski definition) is 6. The van der Waals surface area contributed by atoms with E-state index in [1.165, 1.54) is 35.6 Å². The van der Waals surface area contributed by atoms with E-state index in [2.05, 4.69) is 15.0 Å². The van der Waals surface area contributed by atoms with E-state index in [0.29, 0.717) is 4.88 Å². The third-order valence-corrected chi connectivity index (χ3v) is 7.51. The molecule has 0 saturated carbocycles. The maximum absolute atomic E-state index is 12.6. The largest absolute Gasteiger partial charge is 0.490 e. The number of halogens is 3. The molecule has 1 heterocycles. The van der Waals surface area contributed by atoms with Gasteiger partial charge in [-0.3, -0.25) is 9.59 Å². The maximum atomic E-state index is 12.6. The Hall–Kier alpha value is -4.48. The van der Waals surface area contributed by atoms with E-state index in [9.17, 15) is 36.3 Å². The van der Waals surface area contributed by atoms with E-state index >= 15 is 0 Å². The molecule has 0 radical (unpaired) electrons. The third-order valence-electron chi connectivity index (χ3n) is 4.90. The Labute approximate surface area is 235 Å². The van der Waals surface area contributed by atoms with E-state index in [-0.39, 0.29) is 17.4 Å². The van der Waals surface area contributed by atoms with Crippen LogP contribution in [0.4, 0.5) is 13.2 Å². The summed E-state index contributed by atoms with van der Waals surface area (Å²) >= 11 is 1.20. The van der Waals surface area contributed by atoms with Crippen LogP contribution in [-0.2, 0) is 26.2 Å². The van der Waals surface area contributed by atoms with E-state index in [0.717, 1.165) is 16.0 Å². The monoisotopic (exact) mass is 615 g/mol. The van der Waals surface area contributed by atoms with Crippen molar-refractivity contribution in [1.82, 2.24) is 10.0 Å². The molecule has 0 saturated heterocycles. The molecule has 1 aromatic heterocycles. The molecule has 0 aliphatic rings. The van der Waals surface area contributed by atoms with Crippen molar-refractivity contribution in [2.75, 3.05) is 6.54 Å². The average Bonchev–Trinajstić information content (AvgIpc) is 3.40. The molecule has 3 rings (SSSR count). The van der Waals surface area contributed by atoms with Crippen molar-refractivity contribution in [3.8, 4) is 10.4 Å². The Morgan fingerprint density at radius 2 is 1.54 bits per heavy atom. The number of carboxylic acids is 2.